The van der Waals surface area contributed by atoms with Crippen molar-refractivity contribution in [1.82, 2.24) is 0 Å². The molecule has 0 amide bonds. The SMILES string of the molecule is CCC1=C2c3c(-c4cccc5ccccc45)cccc3[CH]1[Zr+2][CH]1C(CC)=C(c3c(-c4cccc5ccccc45)cccc31)[Si]2(C)C.[Cl-].[Cl-]. The molecule has 0 spiro atoms. The van der Waals surface area contributed by atoms with E-state index in [2.05, 4.69) is 148 Å². The molecule has 6 aromatic rings. The van der Waals surface area contributed by atoms with E-state index in [0.717, 1.165) is 12.8 Å². The second-order valence-electron chi connectivity index (χ2n) is 13.8. The zero-order chi connectivity index (χ0) is 31.2. The van der Waals surface area contributed by atoms with Gasteiger partial charge in [0.15, 0.2) is 0 Å². The normalized spacial score (nSPS) is 18.2. The Hall–Kier alpha value is -3.00. The van der Waals surface area contributed by atoms with Gasteiger partial charge in [0.05, 0.1) is 0 Å². The van der Waals surface area contributed by atoms with E-state index >= 15 is 0 Å². The summed E-state index contributed by atoms with van der Waals surface area (Å²) < 4.78 is 1.28. The van der Waals surface area contributed by atoms with Gasteiger partial charge >= 0.3 is 287 Å². The summed E-state index contributed by atoms with van der Waals surface area (Å²) >= 11 is -0.981. The van der Waals surface area contributed by atoms with Crippen LogP contribution in [0.15, 0.2) is 132 Å². The molecule has 2 aliphatic carbocycles. The molecule has 9 rings (SSSR count). The largest absolute Gasteiger partial charge is 1.00 e. The number of rotatable bonds is 4. The van der Waals surface area contributed by atoms with Crippen molar-refractivity contribution in [3.8, 4) is 22.3 Å². The molecule has 0 fully saturated rings. The fourth-order valence-corrected chi connectivity index (χ4v) is 20.0. The summed E-state index contributed by atoms with van der Waals surface area (Å²) in [4.78, 5) is 0. The summed E-state index contributed by atoms with van der Waals surface area (Å²) in [5, 5.41) is 8.92. The van der Waals surface area contributed by atoms with Crippen LogP contribution >= 0.6 is 0 Å². The van der Waals surface area contributed by atoms with Gasteiger partial charge in [-0.25, -0.2) is 0 Å². The third-order valence-corrected chi connectivity index (χ3v) is 19.7. The molecular formula is C44H38Cl2SiZr. The maximum atomic E-state index is 2.71. The molecule has 48 heavy (non-hydrogen) atoms. The molecule has 0 saturated heterocycles. The zero-order valence-electron chi connectivity index (χ0n) is 27.9. The molecule has 6 aromatic carbocycles. The molecule has 1 heterocycles. The Kier molecular flexibility index (Phi) is 8.87. The van der Waals surface area contributed by atoms with Gasteiger partial charge in [0.25, 0.3) is 0 Å². The standard InChI is InChI=1S/C44H38Si.2ClH.Zr/c1-5-29-27-33-19-13-25-39(37-23-11-17-31-15-7-9-21-35(31)37)41(33)43(29)45(3,4)44-30(6-2)28-34-20-14-26-40(42(34)44)38-24-12-18-32-16-8-10-22-36(32)38;;;/h7-28H,5-6H2,1-4H3;2*1H;/q;;;+2/p-2. The van der Waals surface area contributed by atoms with Gasteiger partial charge in [-0.2, -0.15) is 0 Å². The van der Waals surface area contributed by atoms with Crippen LogP contribution in [0.4, 0.5) is 0 Å². The third-order valence-electron chi connectivity index (χ3n) is 11.2. The number of halogens is 2. The van der Waals surface area contributed by atoms with Crippen molar-refractivity contribution in [1.29, 1.82) is 0 Å². The van der Waals surface area contributed by atoms with E-state index in [1.807, 2.05) is 0 Å². The van der Waals surface area contributed by atoms with E-state index in [9.17, 15) is 0 Å². The summed E-state index contributed by atoms with van der Waals surface area (Å²) in [7, 11) is -2.20. The van der Waals surface area contributed by atoms with Crippen LogP contribution in [0.5, 0.6) is 0 Å². The van der Waals surface area contributed by atoms with E-state index in [1.165, 1.54) is 43.8 Å². The molecular weight excluding hydrogens is 719 g/mol. The van der Waals surface area contributed by atoms with Gasteiger partial charge in [0.2, 0.25) is 0 Å². The van der Waals surface area contributed by atoms with Crippen molar-refractivity contribution in [3.63, 3.8) is 0 Å². The van der Waals surface area contributed by atoms with Crippen LogP contribution in [-0.2, 0) is 23.2 Å². The van der Waals surface area contributed by atoms with Crippen molar-refractivity contribution >= 4 is 40.0 Å². The number of allylic oxidation sites excluding steroid dienone is 2. The molecule has 0 nitrogen and oxygen atoms in total. The van der Waals surface area contributed by atoms with Gasteiger partial charge in [-0.1, -0.05) is 0 Å². The Morgan fingerprint density at radius 3 is 1.29 bits per heavy atom. The molecule has 1 aliphatic heterocycles. The quantitative estimate of drug-likeness (QED) is 0.184. The third kappa shape index (κ3) is 4.70. The van der Waals surface area contributed by atoms with Crippen LogP contribution in [-0.4, -0.2) is 8.07 Å². The molecule has 4 bridgehead atoms. The van der Waals surface area contributed by atoms with Crippen molar-refractivity contribution in [3.05, 3.63) is 155 Å². The fourth-order valence-electron chi connectivity index (χ4n) is 9.40. The Morgan fingerprint density at radius 2 is 0.854 bits per heavy atom. The van der Waals surface area contributed by atoms with Crippen molar-refractivity contribution in [2.45, 2.75) is 47.0 Å². The number of hydrogen-bond acceptors (Lipinski definition) is 0. The van der Waals surface area contributed by atoms with E-state index in [-0.39, 0.29) is 24.8 Å². The minimum absolute atomic E-state index is 0. The van der Waals surface area contributed by atoms with Crippen molar-refractivity contribution in [2.75, 3.05) is 0 Å². The van der Waals surface area contributed by atoms with Gasteiger partial charge < -0.3 is 24.8 Å². The fraction of sp³-hybridized carbons (Fsp3) is 0.182. The molecule has 0 N–H and O–H groups in total. The van der Waals surface area contributed by atoms with Crippen LogP contribution < -0.4 is 24.8 Å². The van der Waals surface area contributed by atoms with Gasteiger partial charge in [0, 0.05) is 0 Å². The summed E-state index contributed by atoms with van der Waals surface area (Å²) in [6.07, 6.45) is 2.32. The van der Waals surface area contributed by atoms with Gasteiger partial charge in [-0.3, -0.25) is 0 Å². The molecule has 3 aliphatic rings. The van der Waals surface area contributed by atoms with Gasteiger partial charge in [-0.05, 0) is 0 Å². The summed E-state index contributed by atoms with van der Waals surface area (Å²) in [5.41, 5.74) is 15.8. The van der Waals surface area contributed by atoms with Crippen LogP contribution in [0.25, 0.3) is 54.2 Å². The van der Waals surface area contributed by atoms with Crippen LogP contribution in [0.2, 0.25) is 13.1 Å². The number of hydrogen-bond donors (Lipinski definition) is 0. The smallest absolute Gasteiger partial charge is 1.00 e. The maximum Gasteiger partial charge on any atom is -1.00 e. The van der Waals surface area contributed by atoms with Crippen molar-refractivity contribution < 1.29 is 48.0 Å². The zero-order valence-corrected chi connectivity index (χ0v) is 32.8. The Bertz CT molecular complexity index is 2140. The average Bonchev–Trinajstić information content (AvgIpc) is 3.62. The summed E-state index contributed by atoms with van der Waals surface area (Å²) in [6, 6.07) is 46.4. The molecule has 4 heteroatoms. The van der Waals surface area contributed by atoms with Gasteiger partial charge in [-0.15, -0.1) is 0 Å². The first kappa shape index (κ1) is 33.5. The van der Waals surface area contributed by atoms with E-state index in [0.29, 0.717) is 7.25 Å². The van der Waals surface area contributed by atoms with Crippen LogP contribution in [0, 0.1) is 0 Å². The monoisotopic (exact) mass is 754 g/mol. The first-order valence-corrected chi connectivity index (χ1v) is 22.8. The molecule has 2 atom stereocenters. The minimum Gasteiger partial charge on any atom is -1.00 e. The Labute approximate surface area is 309 Å². The topological polar surface area (TPSA) is 0 Å². The molecule has 2 unspecified atom stereocenters. The minimum atomic E-state index is -2.20. The average molecular weight is 757 g/mol. The van der Waals surface area contributed by atoms with E-state index < -0.39 is 31.3 Å². The second-order valence-corrected chi connectivity index (χ2v) is 21.7. The van der Waals surface area contributed by atoms with Crippen LogP contribution in [0.1, 0.15) is 56.2 Å². The van der Waals surface area contributed by atoms with Crippen molar-refractivity contribution in [2.24, 2.45) is 0 Å². The molecule has 0 radical (unpaired) electrons. The van der Waals surface area contributed by atoms with E-state index in [4.69, 9.17) is 0 Å². The second kappa shape index (κ2) is 12.7. The molecule has 0 saturated carbocycles. The first-order valence-electron chi connectivity index (χ1n) is 17.0. The predicted octanol–water partition coefficient (Wildman–Crippen LogP) is 6.35. The number of benzene rings is 6. The molecule has 0 aromatic heterocycles. The Balaban J connectivity index is 0.00000182. The van der Waals surface area contributed by atoms with Gasteiger partial charge in [0.1, 0.15) is 0 Å². The van der Waals surface area contributed by atoms with Crippen LogP contribution in [0.3, 0.4) is 0 Å². The number of fused-ring (bicyclic) bond motifs is 10. The van der Waals surface area contributed by atoms with E-state index in [1.54, 1.807) is 43.8 Å². The maximum absolute atomic E-state index is 2.71. The summed E-state index contributed by atoms with van der Waals surface area (Å²) in [6.45, 7) is 10.3. The Morgan fingerprint density at radius 1 is 0.479 bits per heavy atom. The first-order chi connectivity index (χ1) is 22.5. The predicted molar refractivity (Wildman–Crippen MR) is 196 cm³/mol. The summed E-state index contributed by atoms with van der Waals surface area (Å²) in [5.74, 6) is 0. The molecule has 236 valence electrons.